The Kier molecular flexibility index (Phi) is 4.34. The van der Waals surface area contributed by atoms with Gasteiger partial charge in [0.15, 0.2) is 0 Å². The lowest BCUT2D eigenvalue weighted by molar-refractivity contribution is -0.903. The van der Waals surface area contributed by atoms with Crippen LogP contribution in [0.1, 0.15) is 20.3 Å². The molecule has 66 valence electrons. The molecule has 11 heavy (non-hydrogen) atoms. The first-order chi connectivity index (χ1) is 4.66. The fourth-order valence-electron chi connectivity index (χ4n) is 1.30. The molecule has 0 aromatic heterocycles. The van der Waals surface area contributed by atoms with Gasteiger partial charge in [-0.05, 0) is 19.9 Å². The SMILES string of the molecule is CC[N+]1(C)CC=C(C)CC1.[Br-]. The zero-order valence-electron chi connectivity index (χ0n) is 7.73. The van der Waals surface area contributed by atoms with E-state index in [4.69, 9.17) is 0 Å². The summed E-state index contributed by atoms with van der Waals surface area (Å²) < 4.78 is 1.23. The molecule has 1 aliphatic heterocycles. The highest BCUT2D eigenvalue weighted by molar-refractivity contribution is 5.00. The first kappa shape index (κ1) is 11.2. The first-order valence-electron chi connectivity index (χ1n) is 4.15. The van der Waals surface area contributed by atoms with E-state index in [-0.39, 0.29) is 17.0 Å². The molecule has 0 saturated heterocycles. The molecule has 2 heteroatoms. The van der Waals surface area contributed by atoms with Crippen molar-refractivity contribution in [2.24, 2.45) is 0 Å². The second-order valence-electron chi connectivity index (χ2n) is 3.64. The largest absolute Gasteiger partial charge is 1.00 e. The summed E-state index contributed by atoms with van der Waals surface area (Å²) in [7, 11) is 2.34. The van der Waals surface area contributed by atoms with Crippen molar-refractivity contribution in [2.45, 2.75) is 20.3 Å². The number of halogens is 1. The van der Waals surface area contributed by atoms with Crippen LogP contribution in [-0.2, 0) is 0 Å². The van der Waals surface area contributed by atoms with E-state index in [2.05, 4.69) is 27.0 Å². The third-order valence-corrected chi connectivity index (χ3v) is 2.69. The van der Waals surface area contributed by atoms with E-state index in [1.54, 1.807) is 5.57 Å². The normalized spacial score (nSPS) is 30.6. The number of hydrogen-bond acceptors (Lipinski definition) is 0. The van der Waals surface area contributed by atoms with E-state index in [1.807, 2.05) is 0 Å². The molecule has 1 aliphatic rings. The van der Waals surface area contributed by atoms with Gasteiger partial charge in [0.25, 0.3) is 0 Å². The second kappa shape index (κ2) is 4.27. The zero-order chi connectivity index (χ0) is 7.61. The van der Waals surface area contributed by atoms with Gasteiger partial charge in [0.05, 0.1) is 26.7 Å². The second-order valence-corrected chi connectivity index (χ2v) is 3.64. The highest BCUT2D eigenvalue weighted by atomic mass is 79.9. The Labute approximate surface area is 80.4 Å². The van der Waals surface area contributed by atoms with Gasteiger partial charge in [-0.1, -0.05) is 5.57 Å². The molecule has 0 bridgehead atoms. The summed E-state index contributed by atoms with van der Waals surface area (Å²) in [5, 5.41) is 0. The summed E-state index contributed by atoms with van der Waals surface area (Å²) in [4.78, 5) is 0. The predicted molar refractivity (Wildman–Crippen MR) is 44.8 cm³/mol. The molecule has 0 N–H and O–H groups in total. The fraction of sp³-hybridized carbons (Fsp3) is 0.778. The minimum atomic E-state index is 0. The van der Waals surface area contributed by atoms with Crippen LogP contribution < -0.4 is 17.0 Å². The van der Waals surface area contributed by atoms with Crippen molar-refractivity contribution in [3.8, 4) is 0 Å². The lowest BCUT2D eigenvalue weighted by atomic mass is 10.1. The van der Waals surface area contributed by atoms with Gasteiger partial charge in [0.1, 0.15) is 0 Å². The van der Waals surface area contributed by atoms with Gasteiger partial charge >= 0.3 is 0 Å². The Balaban J connectivity index is 0.000001000. The van der Waals surface area contributed by atoms with Crippen molar-refractivity contribution >= 4 is 0 Å². The van der Waals surface area contributed by atoms with Crippen LogP contribution in [0.25, 0.3) is 0 Å². The van der Waals surface area contributed by atoms with E-state index in [0.29, 0.717) is 0 Å². The molecule has 1 unspecified atom stereocenters. The summed E-state index contributed by atoms with van der Waals surface area (Å²) in [5.74, 6) is 0. The molecule has 0 fully saturated rings. The van der Waals surface area contributed by atoms with Crippen LogP contribution >= 0.6 is 0 Å². The quantitative estimate of drug-likeness (QED) is 0.385. The van der Waals surface area contributed by atoms with Gasteiger partial charge in [-0.25, -0.2) is 0 Å². The van der Waals surface area contributed by atoms with Crippen molar-refractivity contribution in [1.82, 2.24) is 0 Å². The van der Waals surface area contributed by atoms with Gasteiger partial charge in [0.2, 0.25) is 0 Å². The maximum Gasteiger partial charge on any atom is 0.0974 e. The number of likely N-dealkylation sites (N-methyl/N-ethyl adjacent to an activating group) is 1. The molecule has 0 spiro atoms. The van der Waals surface area contributed by atoms with Gasteiger partial charge in [-0.3, -0.25) is 0 Å². The highest BCUT2D eigenvalue weighted by Gasteiger charge is 2.20. The summed E-state index contributed by atoms with van der Waals surface area (Å²) in [6.07, 6.45) is 3.68. The Morgan fingerprint density at radius 2 is 2.18 bits per heavy atom. The molecule has 0 radical (unpaired) electrons. The third-order valence-electron chi connectivity index (χ3n) is 2.69. The maximum absolute atomic E-state index is 2.38. The Morgan fingerprint density at radius 3 is 2.55 bits per heavy atom. The molecule has 1 nitrogen and oxygen atoms in total. The van der Waals surface area contributed by atoms with Crippen molar-refractivity contribution in [3.63, 3.8) is 0 Å². The average Bonchev–Trinajstić information content (AvgIpc) is 1.96. The molecule has 1 rings (SSSR count). The summed E-state index contributed by atoms with van der Waals surface area (Å²) >= 11 is 0. The van der Waals surface area contributed by atoms with Crippen LogP contribution in [0.3, 0.4) is 0 Å². The van der Waals surface area contributed by atoms with E-state index in [0.717, 1.165) is 0 Å². The van der Waals surface area contributed by atoms with Gasteiger partial charge < -0.3 is 21.5 Å². The smallest absolute Gasteiger partial charge is 0.0974 e. The summed E-state index contributed by atoms with van der Waals surface area (Å²) in [6, 6.07) is 0. The number of hydrogen-bond donors (Lipinski definition) is 0. The lowest BCUT2D eigenvalue weighted by Gasteiger charge is -2.35. The Hall–Kier alpha value is 0.180. The lowest BCUT2D eigenvalue weighted by Crippen LogP contribution is -3.00. The number of nitrogens with zero attached hydrogens (tertiary/aromatic N) is 1. The zero-order valence-corrected chi connectivity index (χ0v) is 9.32. The predicted octanol–water partition coefficient (Wildman–Crippen LogP) is -1.19. The first-order valence-corrected chi connectivity index (χ1v) is 4.15. The standard InChI is InChI=1S/C9H18N.BrH/c1-4-10(3)7-5-9(2)6-8-10;/h5H,4,6-8H2,1-3H3;1H/q+1;/p-1. The van der Waals surface area contributed by atoms with Crippen LogP contribution in [0, 0.1) is 0 Å². The van der Waals surface area contributed by atoms with Gasteiger partial charge in [0, 0.05) is 6.42 Å². The molecular formula is C9H18BrN. The van der Waals surface area contributed by atoms with Crippen molar-refractivity contribution < 1.29 is 21.5 Å². The summed E-state index contributed by atoms with van der Waals surface area (Å²) in [6.45, 7) is 8.35. The van der Waals surface area contributed by atoms with Crippen molar-refractivity contribution in [3.05, 3.63) is 11.6 Å². The fourth-order valence-corrected chi connectivity index (χ4v) is 1.30. The average molecular weight is 220 g/mol. The van der Waals surface area contributed by atoms with E-state index in [1.165, 1.54) is 30.5 Å². The van der Waals surface area contributed by atoms with Crippen LogP contribution in [-0.4, -0.2) is 31.2 Å². The van der Waals surface area contributed by atoms with Crippen molar-refractivity contribution in [1.29, 1.82) is 0 Å². The molecule has 0 aliphatic carbocycles. The third kappa shape index (κ3) is 2.96. The van der Waals surface area contributed by atoms with Crippen molar-refractivity contribution in [2.75, 3.05) is 26.7 Å². The number of quaternary nitrogens is 1. The minimum Gasteiger partial charge on any atom is -1.00 e. The van der Waals surface area contributed by atoms with Crippen LogP contribution in [0.15, 0.2) is 11.6 Å². The van der Waals surface area contributed by atoms with Gasteiger partial charge in [-0.2, -0.15) is 0 Å². The van der Waals surface area contributed by atoms with Crippen LogP contribution in [0.5, 0.6) is 0 Å². The molecular weight excluding hydrogens is 202 g/mol. The summed E-state index contributed by atoms with van der Waals surface area (Å²) in [5.41, 5.74) is 1.57. The highest BCUT2D eigenvalue weighted by Crippen LogP contribution is 2.14. The maximum atomic E-state index is 2.38. The Bertz CT molecular complexity index is 154. The molecule has 1 heterocycles. The van der Waals surface area contributed by atoms with E-state index in [9.17, 15) is 0 Å². The van der Waals surface area contributed by atoms with Gasteiger partial charge in [-0.15, -0.1) is 0 Å². The van der Waals surface area contributed by atoms with E-state index < -0.39 is 0 Å². The molecule has 0 aromatic rings. The molecule has 0 saturated carbocycles. The van der Waals surface area contributed by atoms with Crippen LogP contribution in [0.4, 0.5) is 0 Å². The minimum absolute atomic E-state index is 0. The topological polar surface area (TPSA) is 0 Å². The molecule has 1 atom stereocenters. The molecule has 0 amide bonds. The van der Waals surface area contributed by atoms with Crippen LogP contribution in [0.2, 0.25) is 0 Å². The van der Waals surface area contributed by atoms with E-state index >= 15 is 0 Å². The Morgan fingerprint density at radius 1 is 1.55 bits per heavy atom. The monoisotopic (exact) mass is 219 g/mol. The molecule has 0 aromatic carbocycles. The number of rotatable bonds is 1.